The Balaban J connectivity index is 1.62. The summed E-state index contributed by atoms with van der Waals surface area (Å²) in [7, 11) is 3.59. The molecule has 3 N–H and O–H groups in total. The van der Waals surface area contributed by atoms with Crippen LogP contribution in [-0.2, 0) is 11.3 Å². The monoisotopic (exact) mass is 420 g/mol. The van der Waals surface area contributed by atoms with Crippen LogP contribution in [0, 0.1) is 20.8 Å². The summed E-state index contributed by atoms with van der Waals surface area (Å²) in [6.45, 7) is 6.91. The van der Waals surface area contributed by atoms with Crippen molar-refractivity contribution in [2.75, 3.05) is 26.0 Å². The molecule has 1 unspecified atom stereocenters. The molecule has 0 fully saturated rings. The van der Waals surface area contributed by atoms with E-state index in [1.807, 2.05) is 68.9 Å². The van der Waals surface area contributed by atoms with Gasteiger partial charge in [0.2, 0.25) is 0 Å². The smallest absolute Gasteiger partial charge is 0.279 e. The maximum absolute atomic E-state index is 12.7. The number of quaternary nitrogens is 1. The Morgan fingerprint density at radius 2 is 1.65 bits per heavy atom. The number of nitrogens with zero attached hydrogens (tertiary/aromatic N) is 2. The number of anilines is 1. The second-order valence-corrected chi connectivity index (χ2v) is 7.93. The zero-order valence-corrected chi connectivity index (χ0v) is 18.7. The third kappa shape index (κ3) is 5.38. The number of likely N-dealkylation sites (N-methyl/N-ethyl adjacent to an activating group) is 1. The van der Waals surface area contributed by atoms with E-state index in [1.165, 1.54) is 5.56 Å². The van der Waals surface area contributed by atoms with Crippen LogP contribution in [0.3, 0.4) is 0 Å². The third-order valence-corrected chi connectivity index (χ3v) is 5.25. The fraction of sp³-hybridized carbons (Fsp3) is 0.292. The summed E-state index contributed by atoms with van der Waals surface area (Å²) in [6, 6.07) is 15.6. The number of benzene rings is 2. The summed E-state index contributed by atoms with van der Waals surface area (Å²) in [4.78, 5) is 25.4. The minimum absolute atomic E-state index is 0.0610. The molecule has 1 atom stereocenters. The highest BCUT2D eigenvalue weighted by molar-refractivity contribution is 5.94. The molecule has 2 aromatic carbocycles. The molecule has 0 aliphatic heterocycles. The fourth-order valence-corrected chi connectivity index (χ4v) is 3.55. The Morgan fingerprint density at radius 1 is 1.00 bits per heavy atom. The Bertz CT molecular complexity index is 1070. The van der Waals surface area contributed by atoms with E-state index in [4.69, 9.17) is 0 Å². The number of hydrogen-bond donors (Lipinski definition) is 3. The molecule has 0 saturated carbocycles. The number of carbonyl (C=O) groups is 2. The lowest BCUT2D eigenvalue weighted by molar-refractivity contribution is -0.885. The van der Waals surface area contributed by atoms with E-state index in [1.54, 1.807) is 19.2 Å². The van der Waals surface area contributed by atoms with Crippen LogP contribution in [0.25, 0.3) is 5.69 Å². The molecule has 3 aromatic rings. The lowest BCUT2D eigenvalue weighted by atomic mass is 10.1. The molecular weight excluding hydrogens is 390 g/mol. The molecule has 1 heterocycles. The van der Waals surface area contributed by atoms with Gasteiger partial charge >= 0.3 is 0 Å². The van der Waals surface area contributed by atoms with Crippen LogP contribution in [0.1, 0.15) is 32.9 Å². The van der Waals surface area contributed by atoms with Crippen molar-refractivity contribution in [3.63, 3.8) is 0 Å². The van der Waals surface area contributed by atoms with Crippen molar-refractivity contribution >= 4 is 17.5 Å². The summed E-state index contributed by atoms with van der Waals surface area (Å²) in [6.07, 6.45) is 0. The second-order valence-electron chi connectivity index (χ2n) is 7.93. The average Bonchev–Trinajstić information content (AvgIpc) is 3.02. The highest BCUT2D eigenvalue weighted by Crippen LogP contribution is 2.22. The highest BCUT2D eigenvalue weighted by Gasteiger charge is 2.18. The lowest BCUT2D eigenvalue weighted by Gasteiger charge is -2.14. The van der Waals surface area contributed by atoms with Crippen molar-refractivity contribution < 1.29 is 14.5 Å². The largest absolute Gasteiger partial charge is 0.355 e. The van der Waals surface area contributed by atoms with Gasteiger partial charge in [-0.15, -0.1) is 0 Å². The second kappa shape index (κ2) is 9.57. The van der Waals surface area contributed by atoms with Crippen LogP contribution >= 0.6 is 0 Å². The average molecular weight is 421 g/mol. The Morgan fingerprint density at radius 3 is 2.26 bits per heavy atom. The lowest BCUT2D eigenvalue weighted by Crippen LogP contribution is -3.08. The quantitative estimate of drug-likeness (QED) is 0.545. The molecule has 7 nitrogen and oxygen atoms in total. The summed E-state index contributed by atoms with van der Waals surface area (Å²) < 4.78 is 1.86. The van der Waals surface area contributed by atoms with Gasteiger partial charge in [-0.1, -0.05) is 29.8 Å². The number of aryl methyl sites for hydroxylation is 2. The predicted octanol–water partition coefficient (Wildman–Crippen LogP) is 1.81. The van der Waals surface area contributed by atoms with E-state index in [-0.39, 0.29) is 11.8 Å². The van der Waals surface area contributed by atoms with Gasteiger partial charge in [0, 0.05) is 18.2 Å². The molecule has 0 radical (unpaired) electrons. The first-order chi connectivity index (χ1) is 14.8. The molecule has 0 bridgehead atoms. The van der Waals surface area contributed by atoms with E-state index in [0.717, 1.165) is 33.2 Å². The van der Waals surface area contributed by atoms with Crippen molar-refractivity contribution in [1.29, 1.82) is 0 Å². The number of hydrogen-bond acceptors (Lipinski definition) is 3. The molecule has 3 rings (SSSR count). The van der Waals surface area contributed by atoms with Gasteiger partial charge in [-0.25, -0.2) is 4.68 Å². The maximum atomic E-state index is 12.7. The number of nitrogens with one attached hydrogen (secondary N) is 3. The highest BCUT2D eigenvalue weighted by atomic mass is 16.2. The first kappa shape index (κ1) is 22.2. The third-order valence-electron chi connectivity index (χ3n) is 5.25. The first-order valence-corrected chi connectivity index (χ1v) is 10.3. The zero-order chi connectivity index (χ0) is 22.5. The van der Waals surface area contributed by atoms with Gasteiger partial charge in [-0.05, 0) is 45.0 Å². The van der Waals surface area contributed by atoms with E-state index >= 15 is 0 Å². The van der Waals surface area contributed by atoms with Crippen molar-refractivity contribution in [3.05, 3.63) is 76.6 Å². The number of carbonyl (C=O) groups excluding carboxylic acids is 2. The van der Waals surface area contributed by atoms with Gasteiger partial charge in [0.05, 0.1) is 29.8 Å². The minimum Gasteiger partial charge on any atom is -0.355 e. The molecule has 0 saturated heterocycles. The van der Waals surface area contributed by atoms with Gasteiger partial charge < -0.3 is 15.5 Å². The Hall–Kier alpha value is -3.45. The number of rotatable bonds is 7. The normalized spacial score (nSPS) is 11.8. The Labute approximate surface area is 183 Å². The van der Waals surface area contributed by atoms with E-state index in [9.17, 15) is 9.59 Å². The van der Waals surface area contributed by atoms with E-state index in [2.05, 4.69) is 15.7 Å². The molecule has 2 amide bonds. The van der Waals surface area contributed by atoms with Crippen LogP contribution in [0.2, 0.25) is 0 Å². The number of aromatic nitrogens is 2. The van der Waals surface area contributed by atoms with Crippen LogP contribution < -0.4 is 15.5 Å². The van der Waals surface area contributed by atoms with Gasteiger partial charge in [0.15, 0.2) is 6.54 Å². The fourth-order valence-electron chi connectivity index (χ4n) is 3.55. The predicted molar refractivity (Wildman–Crippen MR) is 122 cm³/mol. The van der Waals surface area contributed by atoms with E-state index < -0.39 is 0 Å². The first-order valence-electron chi connectivity index (χ1n) is 10.3. The summed E-state index contributed by atoms with van der Waals surface area (Å²) >= 11 is 0. The summed E-state index contributed by atoms with van der Waals surface area (Å²) in [5.41, 5.74) is 6.29. The zero-order valence-electron chi connectivity index (χ0n) is 18.7. The molecule has 0 aliphatic carbocycles. The number of amides is 2. The summed E-state index contributed by atoms with van der Waals surface area (Å²) in [5.74, 6) is -0.169. The molecular formula is C24H30N5O2+. The molecule has 31 heavy (non-hydrogen) atoms. The van der Waals surface area contributed by atoms with E-state index in [0.29, 0.717) is 18.7 Å². The van der Waals surface area contributed by atoms with Crippen molar-refractivity contribution in [1.82, 2.24) is 15.1 Å². The van der Waals surface area contributed by atoms with Crippen LogP contribution in [0.5, 0.6) is 0 Å². The molecule has 162 valence electrons. The van der Waals surface area contributed by atoms with Crippen molar-refractivity contribution in [2.45, 2.75) is 27.3 Å². The maximum Gasteiger partial charge on any atom is 0.279 e. The van der Waals surface area contributed by atoms with Gasteiger partial charge in [0.25, 0.3) is 11.8 Å². The van der Waals surface area contributed by atoms with Crippen LogP contribution in [0.15, 0.2) is 48.5 Å². The standard InChI is InChI=1S/C24H29N5O2/c1-16-6-12-21(13-7-16)29-18(3)23(17(2)27-29)26-22(30)15-28(5)14-19-8-10-20(11-9-19)24(31)25-4/h6-13H,14-15H2,1-5H3,(H,25,31)(H,26,30)/p+1. The minimum atomic E-state index is -0.108. The topological polar surface area (TPSA) is 80.5 Å². The molecule has 0 aliphatic rings. The molecule has 0 spiro atoms. The Kier molecular flexibility index (Phi) is 6.87. The SMILES string of the molecule is CNC(=O)c1ccc(C[NH+](C)CC(=O)Nc2c(C)nn(-c3ccc(C)cc3)c2C)cc1. The van der Waals surface area contributed by atoms with Crippen molar-refractivity contribution in [3.8, 4) is 5.69 Å². The van der Waals surface area contributed by atoms with Crippen LogP contribution in [0.4, 0.5) is 5.69 Å². The summed E-state index contributed by atoms with van der Waals surface area (Å²) in [5, 5.41) is 10.2. The van der Waals surface area contributed by atoms with Crippen molar-refractivity contribution in [2.24, 2.45) is 0 Å². The molecule has 7 heteroatoms. The van der Waals surface area contributed by atoms with Gasteiger partial charge in [-0.3, -0.25) is 9.59 Å². The van der Waals surface area contributed by atoms with Crippen LogP contribution in [-0.4, -0.2) is 42.2 Å². The van der Waals surface area contributed by atoms with Gasteiger partial charge in [-0.2, -0.15) is 5.10 Å². The molecule has 1 aromatic heterocycles. The van der Waals surface area contributed by atoms with Gasteiger partial charge in [0.1, 0.15) is 6.54 Å².